The summed E-state index contributed by atoms with van der Waals surface area (Å²) in [5.74, 6) is 2.00. The van der Waals surface area contributed by atoms with E-state index in [9.17, 15) is 4.79 Å². The number of aryl methyl sites for hydroxylation is 1. The average Bonchev–Trinajstić information content (AvgIpc) is 2.68. The summed E-state index contributed by atoms with van der Waals surface area (Å²) in [6.45, 7) is 5.34. The van der Waals surface area contributed by atoms with E-state index in [0.717, 1.165) is 47.7 Å². The minimum atomic E-state index is 0.251. The number of carbonyl (C=O) groups is 1. The minimum Gasteiger partial charge on any atom is -0.368 e. The van der Waals surface area contributed by atoms with Gasteiger partial charge in [0.1, 0.15) is 0 Å². The molecule has 0 saturated carbocycles. The maximum Gasteiger partial charge on any atom is 0.223 e. The van der Waals surface area contributed by atoms with Crippen LogP contribution >= 0.6 is 35.0 Å². The number of hydrogen-bond donors (Lipinski definition) is 0. The quantitative estimate of drug-likeness (QED) is 0.591. The molecule has 0 spiro atoms. The van der Waals surface area contributed by atoms with E-state index in [4.69, 9.17) is 23.2 Å². The van der Waals surface area contributed by atoms with Gasteiger partial charge in [0.2, 0.25) is 5.91 Å². The van der Waals surface area contributed by atoms with Crippen LogP contribution in [0.25, 0.3) is 0 Å². The van der Waals surface area contributed by atoms with Crippen molar-refractivity contribution < 1.29 is 4.79 Å². The summed E-state index contributed by atoms with van der Waals surface area (Å²) in [5.41, 5.74) is 3.63. The fourth-order valence-electron chi connectivity index (χ4n) is 3.21. The summed E-state index contributed by atoms with van der Waals surface area (Å²) in [6.07, 6.45) is 0.592. The number of anilines is 1. The summed E-state index contributed by atoms with van der Waals surface area (Å²) in [6, 6.07) is 13.9. The molecule has 0 N–H and O–H groups in total. The predicted octanol–water partition coefficient (Wildman–Crippen LogP) is 5.27. The molecule has 1 saturated heterocycles. The highest BCUT2D eigenvalue weighted by Gasteiger charge is 2.21. The SMILES string of the molecule is Cc1ccc(Cl)cc1N1CCN(C(=O)CCSCc2ccc(Cl)cc2)CC1. The van der Waals surface area contributed by atoms with Crippen LogP contribution in [-0.4, -0.2) is 42.7 Å². The second-order valence-corrected chi connectivity index (χ2v) is 8.71. The van der Waals surface area contributed by atoms with E-state index >= 15 is 0 Å². The molecule has 144 valence electrons. The van der Waals surface area contributed by atoms with E-state index < -0.39 is 0 Å². The number of piperazine rings is 1. The van der Waals surface area contributed by atoms with E-state index in [2.05, 4.69) is 11.8 Å². The second kappa shape index (κ2) is 9.72. The molecule has 3 rings (SSSR count). The third-order valence-electron chi connectivity index (χ3n) is 4.79. The van der Waals surface area contributed by atoms with Crippen LogP contribution in [0.5, 0.6) is 0 Å². The first-order valence-electron chi connectivity index (χ1n) is 9.14. The van der Waals surface area contributed by atoms with Gasteiger partial charge in [-0.15, -0.1) is 0 Å². The Kier molecular flexibility index (Phi) is 7.33. The molecule has 0 atom stereocenters. The van der Waals surface area contributed by atoms with Crippen molar-refractivity contribution in [3.05, 3.63) is 63.6 Å². The Labute approximate surface area is 175 Å². The molecule has 0 aliphatic carbocycles. The van der Waals surface area contributed by atoms with Crippen LogP contribution in [0, 0.1) is 6.92 Å². The zero-order valence-electron chi connectivity index (χ0n) is 15.5. The molecule has 6 heteroatoms. The number of rotatable bonds is 6. The van der Waals surface area contributed by atoms with Crippen molar-refractivity contribution in [3.8, 4) is 0 Å². The van der Waals surface area contributed by atoms with Crippen LogP contribution in [0.4, 0.5) is 5.69 Å². The van der Waals surface area contributed by atoms with Gasteiger partial charge < -0.3 is 9.80 Å². The van der Waals surface area contributed by atoms with Crippen LogP contribution in [0.2, 0.25) is 10.0 Å². The molecule has 1 heterocycles. The van der Waals surface area contributed by atoms with Crippen molar-refractivity contribution >= 4 is 46.6 Å². The van der Waals surface area contributed by atoms with Gasteiger partial charge in [0.05, 0.1) is 0 Å². The van der Waals surface area contributed by atoms with Crippen molar-refractivity contribution in [1.29, 1.82) is 0 Å². The standard InChI is InChI=1S/C21H24Cl2N2OS/c1-16-2-5-19(23)14-20(16)24-9-11-25(12-10-24)21(26)8-13-27-15-17-3-6-18(22)7-4-17/h2-7,14H,8-13,15H2,1H3. The first-order chi connectivity index (χ1) is 13.0. The molecule has 3 nitrogen and oxygen atoms in total. The Morgan fingerprint density at radius 3 is 2.37 bits per heavy atom. The molecule has 27 heavy (non-hydrogen) atoms. The van der Waals surface area contributed by atoms with E-state index in [1.165, 1.54) is 16.8 Å². The fourth-order valence-corrected chi connectivity index (χ4v) is 4.39. The van der Waals surface area contributed by atoms with Gasteiger partial charge in [0.15, 0.2) is 0 Å². The van der Waals surface area contributed by atoms with Crippen molar-refractivity contribution in [2.24, 2.45) is 0 Å². The fraction of sp³-hybridized carbons (Fsp3) is 0.381. The Balaban J connectivity index is 1.40. The average molecular weight is 423 g/mol. The van der Waals surface area contributed by atoms with Gasteiger partial charge in [-0.2, -0.15) is 11.8 Å². The van der Waals surface area contributed by atoms with Crippen LogP contribution in [-0.2, 0) is 10.5 Å². The normalized spacial score (nSPS) is 14.5. The van der Waals surface area contributed by atoms with Crippen LogP contribution in [0.15, 0.2) is 42.5 Å². The highest BCUT2D eigenvalue weighted by Crippen LogP contribution is 2.25. The van der Waals surface area contributed by atoms with Gasteiger partial charge in [-0.05, 0) is 42.3 Å². The van der Waals surface area contributed by atoms with Crippen molar-refractivity contribution in [1.82, 2.24) is 4.90 Å². The molecule has 1 aliphatic heterocycles. The number of benzene rings is 2. The molecule has 0 bridgehead atoms. The maximum atomic E-state index is 12.5. The first-order valence-corrected chi connectivity index (χ1v) is 11.0. The molecular weight excluding hydrogens is 399 g/mol. The Morgan fingerprint density at radius 2 is 1.67 bits per heavy atom. The molecule has 2 aromatic rings. The zero-order chi connectivity index (χ0) is 19.2. The summed E-state index contributed by atoms with van der Waals surface area (Å²) in [5, 5.41) is 1.51. The topological polar surface area (TPSA) is 23.6 Å². The van der Waals surface area contributed by atoms with Gasteiger partial charge in [-0.3, -0.25) is 4.79 Å². The Hall–Kier alpha value is -1.36. The third kappa shape index (κ3) is 5.81. The highest BCUT2D eigenvalue weighted by molar-refractivity contribution is 7.98. The summed E-state index contributed by atoms with van der Waals surface area (Å²) < 4.78 is 0. The number of amides is 1. The smallest absolute Gasteiger partial charge is 0.223 e. The summed E-state index contributed by atoms with van der Waals surface area (Å²) in [4.78, 5) is 16.8. The van der Waals surface area contributed by atoms with Crippen LogP contribution in [0.3, 0.4) is 0 Å². The van der Waals surface area contributed by atoms with Crippen molar-refractivity contribution in [2.75, 3.05) is 36.8 Å². The predicted molar refractivity (Wildman–Crippen MR) is 117 cm³/mol. The van der Waals surface area contributed by atoms with Gasteiger partial charge in [-0.1, -0.05) is 41.4 Å². The van der Waals surface area contributed by atoms with Crippen molar-refractivity contribution in [3.63, 3.8) is 0 Å². The Bertz CT molecular complexity index is 774. The summed E-state index contributed by atoms with van der Waals surface area (Å²) >= 11 is 13.8. The van der Waals surface area contributed by atoms with Gasteiger partial charge >= 0.3 is 0 Å². The van der Waals surface area contributed by atoms with Crippen molar-refractivity contribution in [2.45, 2.75) is 19.1 Å². The Morgan fingerprint density at radius 1 is 1.00 bits per heavy atom. The number of thioether (sulfide) groups is 1. The number of nitrogens with zero attached hydrogens (tertiary/aromatic N) is 2. The lowest BCUT2D eigenvalue weighted by atomic mass is 10.1. The summed E-state index contributed by atoms with van der Waals surface area (Å²) in [7, 11) is 0. The van der Waals surface area contributed by atoms with Gasteiger partial charge in [-0.25, -0.2) is 0 Å². The molecule has 0 radical (unpaired) electrons. The lowest BCUT2D eigenvalue weighted by Gasteiger charge is -2.37. The third-order valence-corrected chi connectivity index (χ3v) is 6.30. The molecule has 0 aromatic heterocycles. The number of halogens is 2. The molecule has 1 fully saturated rings. The molecule has 2 aromatic carbocycles. The molecule has 1 amide bonds. The number of carbonyl (C=O) groups excluding carboxylic acids is 1. The van der Waals surface area contributed by atoms with Gasteiger partial charge in [0, 0.05) is 59.8 Å². The number of hydrogen-bond acceptors (Lipinski definition) is 3. The lowest BCUT2D eigenvalue weighted by molar-refractivity contribution is -0.131. The van der Waals surface area contributed by atoms with Crippen LogP contribution < -0.4 is 4.90 Å². The lowest BCUT2D eigenvalue weighted by Crippen LogP contribution is -2.49. The highest BCUT2D eigenvalue weighted by atomic mass is 35.5. The monoisotopic (exact) mass is 422 g/mol. The zero-order valence-corrected chi connectivity index (χ0v) is 17.8. The molecule has 1 aliphatic rings. The van der Waals surface area contributed by atoms with E-state index in [1.807, 2.05) is 47.4 Å². The molecular formula is C21H24Cl2N2OS. The minimum absolute atomic E-state index is 0.251. The van der Waals surface area contributed by atoms with E-state index in [1.54, 1.807) is 11.8 Å². The first kappa shape index (κ1) is 20.4. The van der Waals surface area contributed by atoms with E-state index in [-0.39, 0.29) is 5.91 Å². The molecule has 0 unspecified atom stereocenters. The maximum absolute atomic E-state index is 12.5. The van der Waals surface area contributed by atoms with Gasteiger partial charge in [0.25, 0.3) is 0 Å². The largest absolute Gasteiger partial charge is 0.368 e. The van der Waals surface area contributed by atoms with E-state index in [0.29, 0.717) is 6.42 Å². The second-order valence-electron chi connectivity index (χ2n) is 6.73. The van der Waals surface area contributed by atoms with Crippen LogP contribution in [0.1, 0.15) is 17.5 Å².